The van der Waals surface area contributed by atoms with Crippen LogP contribution >= 0.6 is 0 Å². The number of sulfonamides is 1. The molecule has 3 rings (SSSR count). The standard InChI is InChI=1S/C15H24N4O4S/c1-3-19-13(4-6-16-19)14(21)17-7-5-15(11-20)10-18(24(2,22)23)9-12(15)8-17/h4,6,12,20H,3,5,7-11H2,1-2H3/t12-,15+/m1/s1. The van der Waals surface area contributed by atoms with E-state index < -0.39 is 15.4 Å². The molecule has 1 amide bonds. The van der Waals surface area contributed by atoms with Crippen molar-refractivity contribution in [1.82, 2.24) is 19.0 Å². The van der Waals surface area contributed by atoms with Crippen molar-refractivity contribution in [3.05, 3.63) is 18.0 Å². The van der Waals surface area contributed by atoms with E-state index in [0.29, 0.717) is 44.8 Å². The van der Waals surface area contributed by atoms with Gasteiger partial charge in [0.25, 0.3) is 5.91 Å². The van der Waals surface area contributed by atoms with Crippen molar-refractivity contribution in [2.75, 3.05) is 39.0 Å². The van der Waals surface area contributed by atoms with E-state index in [1.165, 1.54) is 10.6 Å². The molecule has 0 saturated carbocycles. The zero-order chi connectivity index (χ0) is 17.5. The van der Waals surface area contributed by atoms with E-state index in [1.807, 2.05) is 6.92 Å². The van der Waals surface area contributed by atoms with Gasteiger partial charge in [-0.25, -0.2) is 12.7 Å². The van der Waals surface area contributed by atoms with E-state index >= 15 is 0 Å². The number of aryl methyl sites for hydroxylation is 1. The highest BCUT2D eigenvalue weighted by Crippen LogP contribution is 2.43. The minimum absolute atomic E-state index is 0.0482. The van der Waals surface area contributed by atoms with E-state index in [-0.39, 0.29) is 18.4 Å². The smallest absolute Gasteiger partial charge is 0.272 e. The first kappa shape index (κ1) is 17.4. The molecule has 1 aromatic heterocycles. The van der Waals surface area contributed by atoms with Crippen molar-refractivity contribution in [3.63, 3.8) is 0 Å². The molecule has 1 aromatic rings. The first-order valence-electron chi connectivity index (χ1n) is 8.18. The summed E-state index contributed by atoms with van der Waals surface area (Å²) in [5.41, 5.74) is 0.108. The van der Waals surface area contributed by atoms with Crippen LogP contribution in [0.25, 0.3) is 0 Å². The zero-order valence-electron chi connectivity index (χ0n) is 14.1. The predicted octanol–water partition coefficient (Wildman–Crippen LogP) is -0.381. The van der Waals surface area contributed by atoms with Gasteiger partial charge in [-0.05, 0) is 25.3 Å². The van der Waals surface area contributed by atoms with Crippen LogP contribution in [-0.4, -0.2) is 77.5 Å². The zero-order valence-corrected chi connectivity index (χ0v) is 14.9. The van der Waals surface area contributed by atoms with E-state index in [9.17, 15) is 18.3 Å². The Morgan fingerprint density at radius 2 is 2.21 bits per heavy atom. The first-order chi connectivity index (χ1) is 11.3. The Kier molecular flexibility index (Phi) is 4.43. The maximum absolute atomic E-state index is 12.8. The average Bonchev–Trinajstić information content (AvgIpc) is 3.17. The molecule has 2 atom stereocenters. The molecule has 2 aliphatic rings. The van der Waals surface area contributed by atoms with E-state index in [4.69, 9.17) is 0 Å². The van der Waals surface area contributed by atoms with Gasteiger partial charge in [-0.1, -0.05) is 0 Å². The Balaban J connectivity index is 1.80. The Morgan fingerprint density at radius 1 is 1.46 bits per heavy atom. The van der Waals surface area contributed by atoms with Gasteiger partial charge in [-0.3, -0.25) is 9.48 Å². The summed E-state index contributed by atoms with van der Waals surface area (Å²) in [4.78, 5) is 14.5. The number of piperidine rings is 1. The van der Waals surface area contributed by atoms with Gasteiger partial charge < -0.3 is 10.0 Å². The number of aliphatic hydroxyl groups is 1. The lowest BCUT2D eigenvalue weighted by Gasteiger charge is -2.42. The molecular weight excluding hydrogens is 332 g/mol. The van der Waals surface area contributed by atoms with Crippen LogP contribution in [0.15, 0.2) is 12.3 Å². The topological polar surface area (TPSA) is 95.7 Å². The van der Waals surface area contributed by atoms with Gasteiger partial charge in [0.1, 0.15) is 5.69 Å². The Hall–Kier alpha value is -1.45. The number of aliphatic hydroxyl groups excluding tert-OH is 1. The number of carbonyl (C=O) groups excluding carboxylic acids is 1. The second-order valence-electron chi connectivity index (χ2n) is 6.81. The van der Waals surface area contributed by atoms with Crippen molar-refractivity contribution < 1.29 is 18.3 Å². The van der Waals surface area contributed by atoms with Gasteiger partial charge in [0.05, 0.1) is 12.9 Å². The van der Waals surface area contributed by atoms with Crippen molar-refractivity contribution >= 4 is 15.9 Å². The number of amides is 1. The summed E-state index contributed by atoms with van der Waals surface area (Å²) in [5.74, 6) is -0.133. The predicted molar refractivity (Wildman–Crippen MR) is 87.8 cm³/mol. The highest BCUT2D eigenvalue weighted by Gasteiger charge is 2.51. The van der Waals surface area contributed by atoms with Crippen molar-refractivity contribution in [1.29, 1.82) is 0 Å². The molecule has 0 radical (unpaired) electrons. The van der Waals surface area contributed by atoms with Gasteiger partial charge in [0.15, 0.2) is 0 Å². The maximum atomic E-state index is 12.8. The Bertz CT molecular complexity index is 732. The highest BCUT2D eigenvalue weighted by atomic mass is 32.2. The van der Waals surface area contributed by atoms with Gasteiger partial charge >= 0.3 is 0 Å². The number of rotatable bonds is 4. The molecule has 0 spiro atoms. The van der Waals surface area contributed by atoms with Crippen molar-refractivity contribution in [3.8, 4) is 0 Å². The van der Waals surface area contributed by atoms with Crippen LogP contribution in [0.1, 0.15) is 23.8 Å². The fourth-order valence-electron chi connectivity index (χ4n) is 3.86. The number of nitrogens with zero attached hydrogens (tertiary/aromatic N) is 4. The van der Waals surface area contributed by atoms with Crippen LogP contribution in [0.3, 0.4) is 0 Å². The summed E-state index contributed by atoms with van der Waals surface area (Å²) < 4.78 is 26.8. The third-order valence-electron chi connectivity index (χ3n) is 5.41. The molecule has 0 aromatic carbocycles. The molecule has 3 heterocycles. The lowest BCUT2D eigenvalue weighted by Crippen LogP contribution is -2.50. The van der Waals surface area contributed by atoms with Crippen LogP contribution in [0, 0.1) is 11.3 Å². The molecule has 24 heavy (non-hydrogen) atoms. The Labute approximate surface area is 142 Å². The van der Waals surface area contributed by atoms with E-state index in [2.05, 4.69) is 5.10 Å². The number of hydrogen-bond acceptors (Lipinski definition) is 5. The molecule has 0 unspecified atom stereocenters. The molecule has 134 valence electrons. The second kappa shape index (κ2) is 6.12. The first-order valence-corrected chi connectivity index (χ1v) is 10.0. The third-order valence-corrected chi connectivity index (χ3v) is 6.62. The molecule has 8 nitrogen and oxygen atoms in total. The van der Waals surface area contributed by atoms with Gasteiger partial charge in [-0.15, -0.1) is 0 Å². The van der Waals surface area contributed by atoms with Crippen LogP contribution in [0.4, 0.5) is 0 Å². The molecule has 1 N–H and O–H groups in total. The summed E-state index contributed by atoms with van der Waals surface area (Å²) >= 11 is 0. The van der Waals surface area contributed by atoms with Crippen LogP contribution < -0.4 is 0 Å². The normalized spacial score (nSPS) is 28.1. The monoisotopic (exact) mass is 356 g/mol. The SMILES string of the molecule is CCn1nccc1C(=O)N1CC[C@@]2(CO)CN(S(C)(=O)=O)C[C@H]2C1. The largest absolute Gasteiger partial charge is 0.396 e. The molecule has 2 saturated heterocycles. The van der Waals surface area contributed by atoms with Crippen LogP contribution in [-0.2, 0) is 16.6 Å². The minimum atomic E-state index is -3.30. The number of likely N-dealkylation sites (tertiary alicyclic amines) is 1. The average molecular weight is 356 g/mol. The number of aromatic nitrogens is 2. The van der Waals surface area contributed by atoms with Gasteiger partial charge in [0.2, 0.25) is 10.0 Å². The van der Waals surface area contributed by atoms with Crippen LogP contribution in [0.2, 0.25) is 0 Å². The molecule has 9 heteroatoms. The number of hydrogen-bond donors (Lipinski definition) is 1. The summed E-state index contributed by atoms with van der Waals surface area (Å²) in [7, 11) is -3.30. The molecule has 0 aliphatic carbocycles. The number of fused-ring (bicyclic) bond motifs is 1. The Morgan fingerprint density at radius 3 is 2.83 bits per heavy atom. The molecule has 0 bridgehead atoms. The molecule has 2 fully saturated rings. The lowest BCUT2D eigenvalue weighted by molar-refractivity contribution is 0.0180. The second-order valence-corrected chi connectivity index (χ2v) is 8.79. The van der Waals surface area contributed by atoms with Gasteiger partial charge in [-0.2, -0.15) is 5.10 Å². The minimum Gasteiger partial charge on any atom is -0.396 e. The molecular formula is C15H24N4O4S. The van der Waals surface area contributed by atoms with Crippen molar-refractivity contribution in [2.45, 2.75) is 19.9 Å². The van der Waals surface area contributed by atoms with E-state index in [1.54, 1.807) is 21.8 Å². The fraction of sp³-hybridized carbons (Fsp3) is 0.733. The highest BCUT2D eigenvalue weighted by molar-refractivity contribution is 7.88. The quantitative estimate of drug-likeness (QED) is 0.793. The van der Waals surface area contributed by atoms with Gasteiger partial charge in [0, 0.05) is 44.3 Å². The van der Waals surface area contributed by atoms with Crippen LogP contribution in [0.5, 0.6) is 0 Å². The summed E-state index contributed by atoms with van der Waals surface area (Å²) in [5, 5.41) is 14.0. The third kappa shape index (κ3) is 2.84. The van der Waals surface area contributed by atoms with E-state index in [0.717, 1.165) is 0 Å². The van der Waals surface area contributed by atoms with Crippen molar-refractivity contribution in [2.24, 2.45) is 11.3 Å². The fourth-order valence-corrected chi connectivity index (χ4v) is 4.80. The maximum Gasteiger partial charge on any atom is 0.272 e. The number of carbonyl (C=O) groups is 1. The molecule has 2 aliphatic heterocycles. The summed E-state index contributed by atoms with van der Waals surface area (Å²) in [6.07, 6.45) is 3.41. The summed E-state index contributed by atoms with van der Waals surface area (Å²) in [6.45, 7) is 4.16. The lowest BCUT2D eigenvalue weighted by atomic mass is 9.73. The summed E-state index contributed by atoms with van der Waals surface area (Å²) in [6, 6.07) is 1.71.